The summed E-state index contributed by atoms with van der Waals surface area (Å²) in [4.78, 5) is 11.2. The van der Waals surface area contributed by atoms with Gasteiger partial charge >= 0.3 is 5.97 Å². The SMILES string of the molecule is CC(C)n1nc(COc2ccccc2CC(=O)O)c2cc(-c3ccc(O)c(CN)c3)ccc21. The predicted octanol–water partition coefficient (Wildman–Crippen LogP) is 4.65. The van der Waals surface area contributed by atoms with E-state index in [-0.39, 0.29) is 31.4 Å². The van der Waals surface area contributed by atoms with Gasteiger partial charge in [0.05, 0.1) is 11.9 Å². The molecule has 0 aliphatic carbocycles. The Bertz CT molecular complexity index is 1310. The molecule has 33 heavy (non-hydrogen) atoms. The number of carboxylic acids is 1. The van der Waals surface area contributed by atoms with Gasteiger partial charge in [0.25, 0.3) is 0 Å². The molecule has 0 bridgehead atoms. The van der Waals surface area contributed by atoms with Crippen molar-refractivity contribution in [2.75, 3.05) is 0 Å². The van der Waals surface area contributed by atoms with Crippen LogP contribution in [0.25, 0.3) is 22.0 Å². The number of benzene rings is 3. The van der Waals surface area contributed by atoms with E-state index in [1.54, 1.807) is 24.3 Å². The van der Waals surface area contributed by atoms with Crippen LogP contribution in [-0.2, 0) is 24.4 Å². The van der Waals surface area contributed by atoms with E-state index < -0.39 is 5.97 Å². The van der Waals surface area contributed by atoms with Crippen LogP contribution in [0.5, 0.6) is 11.5 Å². The molecule has 1 aromatic heterocycles. The summed E-state index contributed by atoms with van der Waals surface area (Å²) in [5.74, 6) is -0.186. The van der Waals surface area contributed by atoms with Crippen molar-refractivity contribution in [3.63, 3.8) is 0 Å². The third kappa shape index (κ3) is 4.68. The molecule has 0 aliphatic heterocycles. The number of ether oxygens (including phenoxy) is 1. The summed E-state index contributed by atoms with van der Waals surface area (Å²) in [5.41, 5.74) is 10.8. The van der Waals surface area contributed by atoms with Gasteiger partial charge in [-0.1, -0.05) is 30.3 Å². The van der Waals surface area contributed by atoms with E-state index in [0.29, 0.717) is 16.9 Å². The lowest BCUT2D eigenvalue weighted by Crippen LogP contribution is -2.06. The highest BCUT2D eigenvalue weighted by Gasteiger charge is 2.16. The summed E-state index contributed by atoms with van der Waals surface area (Å²) in [6.07, 6.45) is -0.105. The molecule has 0 atom stereocenters. The van der Waals surface area contributed by atoms with E-state index in [0.717, 1.165) is 27.7 Å². The van der Waals surface area contributed by atoms with Crippen molar-refractivity contribution >= 4 is 16.9 Å². The molecule has 0 amide bonds. The number of hydrogen-bond acceptors (Lipinski definition) is 5. The van der Waals surface area contributed by atoms with Gasteiger partial charge in [-0.05, 0) is 55.3 Å². The molecule has 170 valence electrons. The molecule has 0 radical (unpaired) electrons. The van der Waals surface area contributed by atoms with E-state index in [9.17, 15) is 15.0 Å². The number of aromatic nitrogens is 2. The zero-order valence-corrected chi connectivity index (χ0v) is 18.7. The minimum atomic E-state index is -0.907. The quantitative estimate of drug-likeness (QED) is 0.364. The molecular formula is C26H27N3O4. The second-order valence-corrected chi connectivity index (χ2v) is 8.23. The van der Waals surface area contributed by atoms with Gasteiger partial charge in [-0.3, -0.25) is 9.48 Å². The first-order valence-corrected chi connectivity index (χ1v) is 10.8. The van der Waals surface area contributed by atoms with Gasteiger partial charge in [-0.2, -0.15) is 5.10 Å². The van der Waals surface area contributed by atoms with E-state index in [1.165, 1.54) is 0 Å². The number of nitrogens with two attached hydrogens (primary N) is 1. The molecule has 0 spiro atoms. The Balaban J connectivity index is 1.72. The number of aromatic hydroxyl groups is 1. The Morgan fingerprint density at radius 3 is 2.52 bits per heavy atom. The highest BCUT2D eigenvalue weighted by Crippen LogP contribution is 2.31. The van der Waals surface area contributed by atoms with E-state index in [1.807, 2.05) is 35.0 Å². The fraction of sp³-hybridized carbons (Fsp3) is 0.231. The fourth-order valence-corrected chi connectivity index (χ4v) is 3.91. The molecule has 7 nitrogen and oxygen atoms in total. The monoisotopic (exact) mass is 445 g/mol. The van der Waals surface area contributed by atoms with E-state index in [4.69, 9.17) is 15.6 Å². The maximum Gasteiger partial charge on any atom is 0.307 e. The first-order valence-electron chi connectivity index (χ1n) is 10.8. The first kappa shape index (κ1) is 22.4. The topological polar surface area (TPSA) is 111 Å². The summed E-state index contributed by atoms with van der Waals surface area (Å²) in [6.45, 7) is 4.60. The molecule has 1 heterocycles. The van der Waals surface area contributed by atoms with Gasteiger partial charge in [0.1, 0.15) is 23.8 Å². The fourth-order valence-electron chi connectivity index (χ4n) is 3.91. The number of nitrogens with zero attached hydrogens (tertiary/aromatic N) is 2. The van der Waals surface area contributed by atoms with Crippen LogP contribution in [-0.4, -0.2) is 26.0 Å². The normalized spacial score (nSPS) is 11.3. The number of aliphatic carboxylic acids is 1. The Hall–Kier alpha value is -3.84. The average molecular weight is 446 g/mol. The molecule has 0 unspecified atom stereocenters. The Labute approximate surface area is 192 Å². The van der Waals surface area contributed by atoms with E-state index >= 15 is 0 Å². The molecule has 4 rings (SSSR count). The van der Waals surface area contributed by atoms with Crippen molar-refractivity contribution in [1.82, 2.24) is 9.78 Å². The third-order valence-electron chi connectivity index (χ3n) is 5.58. The smallest absolute Gasteiger partial charge is 0.307 e. The van der Waals surface area contributed by atoms with Crippen LogP contribution in [0, 0.1) is 0 Å². The van der Waals surface area contributed by atoms with Crippen molar-refractivity contribution in [3.05, 3.63) is 77.5 Å². The van der Waals surface area contributed by atoms with Crippen molar-refractivity contribution in [3.8, 4) is 22.6 Å². The van der Waals surface area contributed by atoms with Crippen LogP contribution in [0.15, 0.2) is 60.7 Å². The maximum absolute atomic E-state index is 11.2. The van der Waals surface area contributed by atoms with Gasteiger partial charge in [0.2, 0.25) is 0 Å². The minimum Gasteiger partial charge on any atom is -0.508 e. The number of para-hydroxylation sites is 1. The Morgan fingerprint density at radius 1 is 1.06 bits per heavy atom. The zero-order valence-electron chi connectivity index (χ0n) is 18.7. The number of phenols is 1. The van der Waals surface area contributed by atoms with Gasteiger partial charge in [0.15, 0.2) is 0 Å². The van der Waals surface area contributed by atoms with Crippen LogP contribution in [0.1, 0.15) is 36.7 Å². The standard InChI is InChI=1S/C26H27N3O4/c1-16(2)29-23-9-7-18(17-8-10-24(30)20(11-17)14-27)12-21(23)22(28-29)15-33-25-6-4-3-5-19(25)13-26(31)32/h3-12,16,30H,13-15,27H2,1-2H3,(H,31,32). The van der Waals surface area contributed by atoms with Crippen molar-refractivity contribution < 1.29 is 19.7 Å². The molecule has 0 saturated heterocycles. The molecule has 0 aliphatic rings. The molecule has 4 N–H and O–H groups in total. The van der Waals surface area contributed by atoms with Gasteiger partial charge in [-0.25, -0.2) is 0 Å². The number of fused-ring (bicyclic) bond motifs is 1. The lowest BCUT2D eigenvalue weighted by molar-refractivity contribution is -0.136. The summed E-state index contributed by atoms with van der Waals surface area (Å²) in [6, 6.07) is 18.8. The highest BCUT2D eigenvalue weighted by atomic mass is 16.5. The minimum absolute atomic E-state index is 0.105. The van der Waals surface area contributed by atoms with Gasteiger partial charge in [-0.15, -0.1) is 0 Å². The first-order chi connectivity index (χ1) is 15.9. The number of hydrogen-bond donors (Lipinski definition) is 3. The zero-order chi connectivity index (χ0) is 23.5. The van der Waals surface area contributed by atoms with Crippen molar-refractivity contribution in [2.24, 2.45) is 5.73 Å². The van der Waals surface area contributed by atoms with Gasteiger partial charge in [0, 0.05) is 29.1 Å². The second-order valence-electron chi connectivity index (χ2n) is 8.23. The molecule has 3 aromatic carbocycles. The summed E-state index contributed by atoms with van der Waals surface area (Å²) >= 11 is 0. The van der Waals surface area contributed by atoms with Gasteiger partial charge < -0.3 is 20.7 Å². The predicted molar refractivity (Wildman–Crippen MR) is 127 cm³/mol. The number of carboxylic acid groups (broad SMARTS) is 1. The second kappa shape index (κ2) is 9.34. The molecule has 0 fully saturated rings. The molecule has 0 saturated carbocycles. The van der Waals surface area contributed by atoms with Crippen molar-refractivity contribution in [2.45, 2.75) is 39.5 Å². The van der Waals surface area contributed by atoms with Crippen molar-refractivity contribution in [1.29, 1.82) is 0 Å². The number of carbonyl (C=O) groups is 1. The lowest BCUT2D eigenvalue weighted by atomic mass is 10.0. The summed E-state index contributed by atoms with van der Waals surface area (Å²) in [5, 5.41) is 24.9. The Kier molecular flexibility index (Phi) is 6.33. The number of rotatable bonds is 8. The van der Waals surface area contributed by atoms with Crippen LogP contribution < -0.4 is 10.5 Å². The van der Waals surface area contributed by atoms with E-state index in [2.05, 4.69) is 19.9 Å². The average Bonchev–Trinajstić information content (AvgIpc) is 3.16. The van der Waals surface area contributed by atoms with Crippen LogP contribution in [0.3, 0.4) is 0 Å². The molecule has 7 heteroatoms. The summed E-state index contributed by atoms with van der Waals surface area (Å²) in [7, 11) is 0. The number of phenolic OH excluding ortho intramolecular Hbond substituents is 1. The maximum atomic E-state index is 11.2. The highest BCUT2D eigenvalue weighted by molar-refractivity contribution is 5.87. The van der Waals surface area contributed by atoms with Crippen LogP contribution in [0.2, 0.25) is 0 Å². The van der Waals surface area contributed by atoms with Crippen LogP contribution >= 0.6 is 0 Å². The third-order valence-corrected chi connectivity index (χ3v) is 5.58. The molecular weight excluding hydrogens is 418 g/mol. The largest absolute Gasteiger partial charge is 0.508 e. The summed E-state index contributed by atoms with van der Waals surface area (Å²) < 4.78 is 8.00. The Morgan fingerprint density at radius 2 is 1.79 bits per heavy atom. The van der Waals surface area contributed by atoms with Crippen LogP contribution in [0.4, 0.5) is 0 Å². The lowest BCUT2D eigenvalue weighted by Gasteiger charge is -2.10. The molecule has 4 aromatic rings.